The van der Waals surface area contributed by atoms with Gasteiger partial charge in [-0.1, -0.05) is 6.92 Å². The fourth-order valence-corrected chi connectivity index (χ4v) is 2.64. The lowest BCUT2D eigenvalue weighted by Gasteiger charge is -2.38. The van der Waals surface area contributed by atoms with E-state index in [1.165, 1.54) is 25.9 Å². The zero-order chi connectivity index (χ0) is 15.1. The molecule has 1 aliphatic rings. The van der Waals surface area contributed by atoms with E-state index < -0.39 is 0 Å². The minimum atomic E-state index is 0.437. The maximum atomic E-state index is 5.72. The van der Waals surface area contributed by atoms with Crippen LogP contribution in [0.4, 0.5) is 0 Å². The van der Waals surface area contributed by atoms with Crippen LogP contribution in [0.25, 0.3) is 0 Å². The summed E-state index contributed by atoms with van der Waals surface area (Å²) in [4.78, 5) is 2.41. The number of hydrogen-bond donors (Lipinski definition) is 1. The number of nitrogens with zero attached hydrogens (tertiary/aromatic N) is 1. The molecule has 1 N–H and O–H groups in total. The molecule has 1 aliphatic heterocycles. The largest absolute Gasteiger partial charge is 0.497 e. The van der Waals surface area contributed by atoms with Crippen LogP contribution in [0.2, 0.25) is 0 Å². The Kier molecular flexibility index (Phi) is 5.88. The smallest absolute Gasteiger partial charge is 0.119 e. The Hall–Kier alpha value is -1.26. The Morgan fingerprint density at radius 2 is 1.76 bits per heavy atom. The second-order valence-corrected chi connectivity index (χ2v) is 6.31. The summed E-state index contributed by atoms with van der Waals surface area (Å²) in [7, 11) is 3.87. The van der Waals surface area contributed by atoms with Crippen molar-refractivity contribution in [3.63, 3.8) is 0 Å². The highest BCUT2D eigenvalue weighted by Gasteiger charge is 2.28. The monoisotopic (exact) mass is 292 g/mol. The van der Waals surface area contributed by atoms with Gasteiger partial charge in [-0.05, 0) is 62.7 Å². The van der Waals surface area contributed by atoms with Gasteiger partial charge < -0.3 is 19.7 Å². The van der Waals surface area contributed by atoms with E-state index in [9.17, 15) is 0 Å². The van der Waals surface area contributed by atoms with E-state index in [1.807, 2.05) is 24.3 Å². The van der Waals surface area contributed by atoms with E-state index in [4.69, 9.17) is 9.47 Å². The number of likely N-dealkylation sites (tertiary alicyclic amines) is 1. The van der Waals surface area contributed by atoms with Crippen molar-refractivity contribution in [2.45, 2.75) is 19.8 Å². The molecule has 0 amide bonds. The van der Waals surface area contributed by atoms with Crippen molar-refractivity contribution in [3.8, 4) is 11.5 Å². The summed E-state index contributed by atoms with van der Waals surface area (Å²) in [5, 5.41) is 3.54. The first-order valence-electron chi connectivity index (χ1n) is 7.77. The molecule has 0 atom stereocenters. The van der Waals surface area contributed by atoms with Crippen molar-refractivity contribution >= 4 is 0 Å². The van der Waals surface area contributed by atoms with Crippen LogP contribution < -0.4 is 14.8 Å². The van der Waals surface area contributed by atoms with Crippen molar-refractivity contribution in [1.82, 2.24) is 10.2 Å². The molecule has 1 fully saturated rings. The average molecular weight is 292 g/mol. The van der Waals surface area contributed by atoms with Gasteiger partial charge in [0, 0.05) is 13.1 Å². The third-order valence-electron chi connectivity index (χ3n) is 4.35. The van der Waals surface area contributed by atoms with Crippen LogP contribution in [0.5, 0.6) is 11.5 Å². The number of nitrogens with one attached hydrogen (secondary N) is 1. The first-order valence-corrected chi connectivity index (χ1v) is 7.77. The predicted octanol–water partition coefficient (Wildman–Crippen LogP) is 2.40. The van der Waals surface area contributed by atoms with Gasteiger partial charge >= 0.3 is 0 Å². The minimum absolute atomic E-state index is 0.437. The normalized spacial score (nSPS) is 18.4. The van der Waals surface area contributed by atoms with Gasteiger partial charge in [0.2, 0.25) is 0 Å². The molecule has 1 aromatic carbocycles. The van der Waals surface area contributed by atoms with E-state index in [-0.39, 0.29) is 0 Å². The Morgan fingerprint density at radius 1 is 1.14 bits per heavy atom. The maximum absolute atomic E-state index is 5.72. The second-order valence-electron chi connectivity index (χ2n) is 6.31. The van der Waals surface area contributed by atoms with Gasteiger partial charge in [0.15, 0.2) is 0 Å². The molecule has 0 bridgehead atoms. The molecule has 1 aromatic rings. The van der Waals surface area contributed by atoms with Crippen LogP contribution >= 0.6 is 0 Å². The molecular formula is C17H28N2O2. The molecule has 0 spiro atoms. The molecule has 1 saturated heterocycles. The van der Waals surface area contributed by atoms with E-state index in [0.29, 0.717) is 12.0 Å². The lowest BCUT2D eigenvalue weighted by atomic mass is 9.80. The predicted molar refractivity (Wildman–Crippen MR) is 86.2 cm³/mol. The summed E-state index contributed by atoms with van der Waals surface area (Å²) in [6, 6.07) is 7.72. The fraction of sp³-hybridized carbons (Fsp3) is 0.647. The molecule has 0 aliphatic carbocycles. The molecule has 0 saturated carbocycles. The fourth-order valence-electron chi connectivity index (χ4n) is 2.64. The van der Waals surface area contributed by atoms with Crippen LogP contribution in [-0.4, -0.2) is 51.8 Å². The van der Waals surface area contributed by atoms with E-state index in [1.54, 1.807) is 7.11 Å². The Balaban J connectivity index is 1.61. The van der Waals surface area contributed by atoms with Gasteiger partial charge in [0.25, 0.3) is 0 Å². The molecule has 0 unspecified atom stereocenters. The number of ether oxygens (including phenoxy) is 2. The molecule has 4 nitrogen and oxygen atoms in total. The molecular weight excluding hydrogens is 264 g/mol. The van der Waals surface area contributed by atoms with Crippen molar-refractivity contribution in [3.05, 3.63) is 24.3 Å². The van der Waals surface area contributed by atoms with Crippen molar-refractivity contribution in [2.24, 2.45) is 5.41 Å². The van der Waals surface area contributed by atoms with E-state index in [0.717, 1.165) is 24.6 Å². The van der Waals surface area contributed by atoms with Gasteiger partial charge in [-0.15, -0.1) is 0 Å². The zero-order valence-electron chi connectivity index (χ0n) is 13.5. The SMILES string of the molecule is COc1ccc(OCCNCC2(C)CCN(C)CC2)cc1. The van der Waals surface area contributed by atoms with Crippen molar-refractivity contribution < 1.29 is 9.47 Å². The molecule has 21 heavy (non-hydrogen) atoms. The van der Waals surface area contributed by atoms with Gasteiger partial charge in [-0.3, -0.25) is 0 Å². The summed E-state index contributed by atoms with van der Waals surface area (Å²) in [5.41, 5.74) is 0.437. The highest BCUT2D eigenvalue weighted by atomic mass is 16.5. The van der Waals surface area contributed by atoms with Crippen LogP contribution in [0.3, 0.4) is 0 Å². The van der Waals surface area contributed by atoms with Gasteiger partial charge in [0.05, 0.1) is 7.11 Å². The Bertz CT molecular complexity index is 411. The van der Waals surface area contributed by atoms with Crippen LogP contribution in [0.1, 0.15) is 19.8 Å². The lowest BCUT2D eigenvalue weighted by Crippen LogP contribution is -2.42. The number of piperidine rings is 1. The summed E-state index contributed by atoms with van der Waals surface area (Å²) in [6.45, 7) is 7.46. The number of benzene rings is 1. The van der Waals surface area contributed by atoms with Gasteiger partial charge in [0.1, 0.15) is 18.1 Å². The third kappa shape index (κ3) is 5.21. The lowest BCUT2D eigenvalue weighted by molar-refractivity contribution is 0.135. The van der Waals surface area contributed by atoms with Gasteiger partial charge in [-0.2, -0.15) is 0 Å². The van der Waals surface area contributed by atoms with Crippen LogP contribution in [0, 0.1) is 5.41 Å². The number of rotatable bonds is 7. The molecule has 4 heteroatoms. The van der Waals surface area contributed by atoms with E-state index in [2.05, 4.69) is 24.2 Å². The Labute approximate surface area is 128 Å². The van der Waals surface area contributed by atoms with Crippen LogP contribution in [-0.2, 0) is 0 Å². The van der Waals surface area contributed by atoms with Crippen LogP contribution in [0.15, 0.2) is 24.3 Å². The first kappa shape index (κ1) is 16.1. The molecule has 118 valence electrons. The highest BCUT2D eigenvalue weighted by Crippen LogP contribution is 2.29. The van der Waals surface area contributed by atoms with Crippen molar-refractivity contribution in [1.29, 1.82) is 0 Å². The van der Waals surface area contributed by atoms with E-state index >= 15 is 0 Å². The topological polar surface area (TPSA) is 33.7 Å². The minimum Gasteiger partial charge on any atom is -0.497 e. The molecule has 2 rings (SSSR count). The highest BCUT2D eigenvalue weighted by molar-refractivity contribution is 5.31. The maximum Gasteiger partial charge on any atom is 0.119 e. The number of hydrogen-bond acceptors (Lipinski definition) is 4. The summed E-state index contributed by atoms with van der Waals surface area (Å²) >= 11 is 0. The molecule has 0 radical (unpaired) electrons. The molecule has 1 heterocycles. The summed E-state index contributed by atoms with van der Waals surface area (Å²) < 4.78 is 10.8. The quantitative estimate of drug-likeness (QED) is 0.783. The summed E-state index contributed by atoms with van der Waals surface area (Å²) in [5.74, 6) is 1.75. The third-order valence-corrected chi connectivity index (χ3v) is 4.35. The van der Waals surface area contributed by atoms with Crippen molar-refractivity contribution in [2.75, 3.05) is 46.9 Å². The zero-order valence-corrected chi connectivity index (χ0v) is 13.5. The molecule has 0 aromatic heterocycles. The number of methoxy groups -OCH3 is 1. The summed E-state index contributed by atoms with van der Waals surface area (Å²) in [6.07, 6.45) is 2.55. The Morgan fingerprint density at radius 3 is 2.38 bits per heavy atom. The van der Waals surface area contributed by atoms with Gasteiger partial charge in [-0.25, -0.2) is 0 Å². The standard InChI is InChI=1S/C17H28N2O2/c1-17(8-11-19(2)12-9-17)14-18-10-13-21-16-6-4-15(20-3)5-7-16/h4-7,18H,8-14H2,1-3H3. The average Bonchev–Trinajstić information content (AvgIpc) is 2.51. The second kappa shape index (κ2) is 7.66. The first-order chi connectivity index (χ1) is 10.1.